The monoisotopic (exact) mass is 191 g/mol. The molecule has 1 aliphatic heterocycles. The standard InChI is InChI=1S/C8H17NS2/c1-10-5-3-9-6-8-2-4-11-7-8/h8-9H,2-7H2,1H3. The summed E-state index contributed by atoms with van der Waals surface area (Å²) in [4.78, 5) is 0. The van der Waals surface area contributed by atoms with Crippen molar-refractivity contribution in [3.05, 3.63) is 0 Å². The zero-order chi connectivity index (χ0) is 7.94. The van der Waals surface area contributed by atoms with Crippen LogP contribution in [0.4, 0.5) is 0 Å². The molecule has 1 N–H and O–H groups in total. The Morgan fingerprint density at radius 3 is 3.18 bits per heavy atom. The second-order valence-electron chi connectivity index (χ2n) is 2.93. The Morgan fingerprint density at radius 2 is 2.55 bits per heavy atom. The fourth-order valence-corrected chi connectivity index (χ4v) is 2.86. The molecule has 0 aliphatic carbocycles. The van der Waals surface area contributed by atoms with Crippen molar-refractivity contribution >= 4 is 23.5 Å². The van der Waals surface area contributed by atoms with Crippen LogP contribution in [0.2, 0.25) is 0 Å². The molecule has 0 amide bonds. The molecule has 0 radical (unpaired) electrons. The largest absolute Gasteiger partial charge is 0.316 e. The van der Waals surface area contributed by atoms with Gasteiger partial charge < -0.3 is 5.32 Å². The second kappa shape index (κ2) is 6.21. The van der Waals surface area contributed by atoms with E-state index >= 15 is 0 Å². The summed E-state index contributed by atoms with van der Waals surface area (Å²) in [5, 5.41) is 3.49. The fourth-order valence-electron chi connectivity index (χ4n) is 1.22. The van der Waals surface area contributed by atoms with Gasteiger partial charge in [0.15, 0.2) is 0 Å². The van der Waals surface area contributed by atoms with Crippen molar-refractivity contribution in [2.75, 3.05) is 36.6 Å². The molecule has 0 aromatic heterocycles. The Morgan fingerprint density at radius 1 is 1.64 bits per heavy atom. The Bertz CT molecular complexity index is 92.1. The first kappa shape index (κ1) is 9.75. The van der Waals surface area contributed by atoms with Gasteiger partial charge in [0.2, 0.25) is 0 Å². The zero-order valence-corrected chi connectivity index (χ0v) is 8.77. The quantitative estimate of drug-likeness (QED) is 0.664. The minimum atomic E-state index is 0.960. The van der Waals surface area contributed by atoms with Gasteiger partial charge in [-0.1, -0.05) is 0 Å². The van der Waals surface area contributed by atoms with Crippen molar-refractivity contribution < 1.29 is 0 Å². The van der Waals surface area contributed by atoms with E-state index in [0.29, 0.717) is 0 Å². The third-order valence-electron chi connectivity index (χ3n) is 1.94. The molecule has 3 heteroatoms. The van der Waals surface area contributed by atoms with E-state index in [2.05, 4.69) is 23.3 Å². The van der Waals surface area contributed by atoms with E-state index in [1.807, 2.05) is 11.8 Å². The summed E-state index contributed by atoms with van der Waals surface area (Å²) in [6.45, 7) is 2.43. The maximum atomic E-state index is 3.49. The highest BCUT2D eigenvalue weighted by Gasteiger charge is 2.13. The molecule has 1 rings (SSSR count). The molecule has 1 nitrogen and oxygen atoms in total. The summed E-state index contributed by atoms with van der Waals surface area (Å²) >= 11 is 4.02. The number of rotatable bonds is 5. The Hall–Kier alpha value is 0.660. The lowest BCUT2D eigenvalue weighted by Crippen LogP contribution is -2.24. The summed E-state index contributed by atoms with van der Waals surface area (Å²) in [5.74, 6) is 4.97. The van der Waals surface area contributed by atoms with Crippen molar-refractivity contribution in [3.8, 4) is 0 Å². The Kier molecular flexibility index (Phi) is 5.50. The molecule has 0 aromatic carbocycles. The molecule has 11 heavy (non-hydrogen) atoms. The third kappa shape index (κ3) is 4.28. The van der Waals surface area contributed by atoms with E-state index in [1.165, 1.54) is 36.8 Å². The first-order valence-electron chi connectivity index (χ1n) is 4.21. The van der Waals surface area contributed by atoms with Crippen LogP contribution in [0, 0.1) is 5.92 Å². The van der Waals surface area contributed by atoms with Crippen molar-refractivity contribution in [2.45, 2.75) is 6.42 Å². The predicted octanol–water partition coefficient (Wildman–Crippen LogP) is 1.69. The van der Waals surface area contributed by atoms with Crippen molar-refractivity contribution in [1.82, 2.24) is 5.32 Å². The lowest BCUT2D eigenvalue weighted by molar-refractivity contribution is 0.536. The van der Waals surface area contributed by atoms with Gasteiger partial charge in [0.05, 0.1) is 0 Å². The highest BCUT2D eigenvalue weighted by molar-refractivity contribution is 7.99. The molecule has 1 atom stereocenters. The van der Waals surface area contributed by atoms with Crippen LogP contribution in [0.5, 0.6) is 0 Å². The van der Waals surface area contributed by atoms with Gasteiger partial charge in [-0.3, -0.25) is 0 Å². The molecule has 66 valence electrons. The molecule has 1 fully saturated rings. The van der Waals surface area contributed by atoms with E-state index in [-0.39, 0.29) is 0 Å². The van der Waals surface area contributed by atoms with Crippen LogP contribution in [0.1, 0.15) is 6.42 Å². The van der Waals surface area contributed by atoms with Gasteiger partial charge in [-0.2, -0.15) is 23.5 Å². The first-order valence-corrected chi connectivity index (χ1v) is 6.75. The molecule has 1 heterocycles. The lowest BCUT2D eigenvalue weighted by Gasteiger charge is -2.08. The molecule has 0 aromatic rings. The third-order valence-corrected chi connectivity index (χ3v) is 3.78. The fraction of sp³-hybridized carbons (Fsp3) is 1.00. The number of hydrogen-bond acceptors (Lipinski definition) is 3. The molecule has 0 bridgehead atoms. The summed E-state index contributed by atoms with van der Waals surface area (Å²) in [5.41, 5.74) is 0. The normalized spacial score (nSPS) is 24.3. The van der Waals surface area contributed by atoms with Crippen LogP contribution in [0.15, 0.2) is 0 Å². The SMILES string of the molecule is CSCCNCC1CCSC1. The second-order valence-corrected chi connectivity index (χ2v) is 5.06. The van der Waals surface area contributed by atoms with Gasteiger partial charge in [-0.15, -0.1) is 0 Å². The molecule has 0 saturated carbocycles. The van der Waals surface area contributed by atoms with Crippen LogP contribution in [0.3, 0.4) is 0 Å². The summed E-state index contributed by atoms with van der Waals surface area (Å²) in [6, 6.07) is 0. The number of hydrogen-bond donors (Lipinski definition) is 1. The van der Waals surface area contributed by atoms with Crippen LogP contribution in [0.25, 0.3) is 0 Å². The Labute approximate surface area is 78.1 Å². The molecule has 1 aliphatic rings. The van der Waals surface area contributed by atoms with E-state index in [4.69, 9.17) is 0 Å². The van der Waals surface area contributed by atoms with Gasteiger partial charge in [0.1, 0.15) is 0 Å². The highest BCUT2D eigenvalue weighted by atomic mass is 32.2. The Balaban J connectivity index is 1.86. The van der Waals surface area contributed by atoms with Crippen LogP contribution >= 0.6 is 23.5 Å². The summed E-state index contributed by atoms with van der Waals surface area (Å²) in [7, 11) is 0. The number of nitrogens with one attached hydrogen (secondary N) is 1. The van der Waals surface area contributed by atoms with Crippen LogP contribution < -0.4 is 5.32 Å². The maximum Gasteiger partial charge on any atom is 0.00553 e. The summed E-state index contributed by atoms with van der Waals surface area (Å²) < 4.78 is 0. The van der Waals surface area contributed by atoms with Gasteiger partial charge in [0, 0.05) is 12.3 Å². The van der Waals surface area contributed by atoms with E-state index in [1.54, 1.807) is 0 Å². The van der Waals surface area contributed by atoms with Crippen molar-refractivity contribution in [1.29, 1.82) is 0 Å². The lowest BCUT2D eigenvalue weighted by atomic mass is 10.1. The summed E-state index contributed by atoms with van der Waals surface area (Å²) in [6.07, 6.45) is 3.59. The van der Waals surface area contributed by atoms with Crippen molar-refractivity contribution in [3.63, 3.8) is 0 Å². The van der Waals surface area contributed by atoms with Crippen LogP contribution in [-0.2, 0) is 0 Å². The maximum absolute atomic E-state index is 3.49. The average Bonchev–Trinajstić information content (AvgIpc) is 2.50. The molecular weight excluding hydrogens is 174 g/mol. The number of thioether (sulfide) groups is 2. The van der Waals surface area contributed by atoms with Gasteiger partial charge in [0.25, 0.3) is 0 Å². The zero-order valence-electron chi connectivity index (χ0n) is 7.14. The smallest absolute Gasteiger partial charge is 0.00553 e. The van der Waals surface area contributed by atoms with E-state index in [0.717, 1.165) is 5.92 Å². The molecule has 0 spiro atoms. The predicted molar refractivity (Wildman–Crippen MR) is 56.7 cm³/mol. The van der Waals surface area contributed by atoms with Gasteiger partial charge in [-0.25, -0.2) is 0 Å². The molecular formula is C8H17NS2. The highest BCUT2D eigenvalue weighted by Crippen LogP contribution is 2.22. The van der Waals surface area contributed by atoms with E-state index in [9.17, 15) is 0 Å². The van der Waals surface area contributed by atoms with Gasteiger partial charge in [-0.05, 0) is 36.6 Å². The topological polar surface area (TPSA) is 12.0 Å². The van der Waals surface area contributed by atoms with Gasteiger partial charge >= 0.3 is 0 Å². The van der Waals surface area contributed by atoms with Crippen molar-refractivity contribution in [2.24, 2.45) is 5.92 Å². The first-order chi connectivity index (χ1) is 5.43. The molecule has 1 unspecified atom stereocenters. The minimum Gasteiger partial charge on any atom is -0.316 e. The molecule has 1 saturated heterocycles. The average molecular weight is 191 g/mol. The minimum absolute atomic E-state index is 0.960. The van der Waals surface area contributed by atoms with E-state index < -0.39 is 0 Å². The van der Waals surface area contributed by atoms with Crippen LogP contribution in [-0.4, -0.2) is 36.6 Å².